The molecule has 11 atom stereocenters. The van der Waals surface area contributed by atoms with Gasteiger partial charge in [-0.3, -0.25) is 71.9 Å². The van der Waals surface area contributed by atoms with Crippen molar-refractivity contribution in [3.63, 3.8) is 0 Å². The SMILES string of the molecule is CC[C@H](C)[C@H](NC(=O)[C@H](C)NC(=O)[C@@H]1CCCN1C(=O)C(C)(C)NC(=O)[C@H](CC(C)C)NC(=O)[C@H](CCC(N)=O)NC(=O)C(C)(C)NC(C)=O)C(=O)NC(C)(C)C(=O)N1CCC[C@H]1C(=O)N[C@](C)(CC)C(=O)N[C@@H](CC(C)C)C(=O)NC(C)(C)C(=O)N1CCC[C@H]1C(=O)N[C@H](CO)CC(C)C. The molecule has 0 radical (unpaired) electrons. The number of aliphatic hydroxyl groups is 1. The topological polar surface area (TPSA) is 444 Å². The number of hydrogen-bond donors (Lipinski definition) is 13. The summed E-state index contributed by atoms with van der Waals surface area (Å²) in [7, 11) is 0. The van der Waals surface area contributed by atoms with Crippen LogP contribution in [0.25, 0.3) is 0 Å². The molecule has 572 valence electrons. The van der Waals surface area contributed by atoms with E-state index in [0.717, 1.165) is 0 Å². The van der Waals surface area contributed by atoms with E-state index in [-0.39, 0.29) is 88.9 Å². The van der Waals surface area contributed by atoms with E-state index in [1.54, 1.807) is 34.6 Å². The molecule has 0 spiro atoms. The maximum Gasteiger partial charge on any atom is 0.248 e. The first-order chi connectivity index (χ1) is 46.6. The summed E-state index contributed by atoms with van der Waals surface area (Å²) in [4.78, 5) is 211. The van der Waals surface area contributed by atoms with E-state index in [9.17, 15) is 77.0 Å². The van der Waals surface area contributed by atoms with Crippen LogP contribution in [0.5, 0.6) is 0 Å². The molecule has 0 aliphatic carbocycles. The lowest BCUT2D eigenvalue weighted by Crippen LogP contribution is -2.66. The van der Waals surface area contributed by atoms with Crippen molar-refractivity contribution in [2.24, 2.45) is 29.4 Å². The van der Waals surface area contributed by atoms with Crippen LogP contribution in [0.2, 0.25) is 0 Å². The summed E-state index contributed by atoms with van der Waals surface area (Å²) >= 11 is 0. The van der Waals surface area contributed by atoms with Crippen LogP contribution in [-0.4, -0.2) is 217 Å². The molecule has 3 heterocycles. The van der Waals surface area contributed by atoms with Crippen molar-refractivity contribution in [1.82, 2.24) is 73.2 Å². The smallest absolute Gasteiger partial charge is 0.248 e. The molecule has 0 aromatic heterocycles. The molecule has 15 amide bonds. The molecule has 0 bridgehead atoms. The third kappa shape index (κ3) is 24.9. The standard InChI is InChI=1S/C70H121N15O16/c1-21-41(9)52(77-53(89)42(10)72-57(93)48-26-23-31-83(48)63(99)67(14,15)79-55(91)46(35-39(5)6)74-54(90)45(29-30-51(71)88)75-61(97)66(12,13)78-43(11)87)60(96)81-69(18,19)65(101)85-33-25-28-50(85)59(95)82-70(20,22-2)62(98)76-47(36-40(7)8)56(92)80-68(16,17)64(100)84-32-24-27-49(84)58(94)73-44(37-86)34-38(3)4/h38-42,44-50,52,86H,21-37H2,1-20H3,(H2,71,88)(H,72,93)(H,73,94)(H,74,90)(H,75,97)(H,76,98)(H,77,89)(H,78,87)(H,79,91)(H,80,92)(H,81,96)(H,82,95)/t41-,42-,44-,45-,46-,47-,48-,49-,50-,52-,70+/m0/s1. The van der Waals surface area contributed by atoms with Gasteiger partial charge in [-0.25, -0.2) is 0 Å². The molecule has 3 aliphatic heterocycles. The Balaban J connectivity index is 1.72. The first-order valence-electron chi connectivity index (χ1n) is 35.8. The molecule has 0 saturated carbocycles. The van der Waals surface area contributed by atoms with E-state index in [4.69, 9.17) is 5.73 Å². The summed E-state index contributed by atoms with van der Waals surface area (Å²) in [5.41, 5.74) is -2.60. The monoisotopic (exact) mass is 1430 g/mol. The van der Waals surface area contributed by atoms with E-state index in [2.05, 4.69) is 58.5 Å². The van der Waals surface area contributed by atoms with Gasteiger partial charge in [-0.05, 0) is 164 Å². The predicted octanol–water partition coefficient (Wildman–Crippen LogP) is 0.214. The average Bonchev–Trinajstić information content (AvgIpc) is 1.80. The van der Waals surface area contributed by atoms with Gasteiger partial charge in [0.2, 0.25) is 88.6 Å². The molecule has 101 heavy (non-hydrogen) atoms. The first kappa shape index (κ1) is 87.2. The predicted molar refractivity (Wildman–Crippen MR) is 376 cm³/mol. The number of likely N-dealkylation sites (tertiary alicyclic amines) is 3. The number of amides is 15. The van der Waals surface area contributed by atoms with Gasteiger partial charge >= 0.3 is 0 Å². The van der Waals surface area contributed by atoms with Crippen molar-refractivity contribution >= 4 is 88.6 Å². The van der Waals surface area contributed by atoms with Gasteiger partial charge in [0.1, 0.15) is 76.0 Å². The number of nitrogens with one attached hydrogen (secondary N) is 11. The Morgan fingerprint density at radius 2 is 0.861 bits per heavy atom. The molecule has 3 saturated heterocycles. The summed E-state index contributed by atoms with van der Waals surface area (Å²) in [6.07, 6.45) is 2.75. The minimum atomic E-state index is -1.68. The fraction of sp³-hybridized carbons (Fsp3) is 0.786. The van der Waals surface area contributed by atoms with Gasteiger partial charge in [0, 0.05) is 33.0 Å². The van der Waals surface area contributed by atoms with E-state index in [1.165, 1.54) is 90.9 Å². The maximum atomic E-state index is 14.6. The van der Waals surface area contributed by atoms with Crippen molar-refractivity contribution in [2.45, 2.75) is 304 Å². The largest absolute Gasteiger partial charge is 0.394 e. The van der Waals surface area contributed by atoms with Crippen molar-refractivity contribution in [3.8, 4) is 0 Å². The van der Waals surface area contributed by atoms with Crippen molar-refractivity contribution < 1.29 is 77.0 Å². The Kier molecular flexibility index (Phi) is 32.2. The summed E-state index contributed by atoms with van der Waals surface area (Å²) in [5.74, 6) is -10.7. The van der Waals surface area contributed by atoms with Gasteiger partial charge < -0.3 is 84.0 Å². The van der Waals surface area contributed by atoms with Gasteiger partial charge in [-0.2, -0.15) is 0 Å². The highest BCUT2D eigenvalue weighted by Gasteiger charge is 2.49. The minimum absolute atomic E-state index is 0.0498. The molecular formula is C70H121N15O16. The Labute approximate surface area is 596 Å². The minimum Gasteiger partial charge on any atom is -0.394 e. The molecule has 0 aromatic carbocycles. The number of carbonyl (C=O) groups is 15. The zero-order chi connectivity index (χ0) is 77.2. The molecule has 14 N–H and O–H groups in total. The lowest BCUT2D eigenvalue weighted by Gasteiger charge is -2.37. The van der Waals surface area contributed by atoms with Gasteiger partial charge in [-0.1, -0.05) is 68.7 Å². The Hall–Kier alpha value is -7.99. The Bertz CT molecular complexity index is 3020. The van der Waals surface area contributed by atoms with E-state index in [0.29, 0.717) is 38.5 Å². The van der Waals surface area contributed by atoms with E-state index >= 15 is 0 Å². The zero-order valence-corrected chi connectivity index (χ0v) is 63.5. The fourth-order valence-electron chi connectivity index (χ4n) is 12.7. The van der Waals surface area contributed by atoms with Gasteiger partial charge in [0.25, 0.3) is 0 Å². The number of primary amides is 1. The van der Waals surface area contributed by atoms with Crippen molar-refractivity contribution in [2.75, 3.05) is 26.2 Å². The fourth-order valence-corrected chi connectivity index (χ4v) is 12.7. The van der Waals surface area contributed by atoms with Crippen LogP contribution in [-0.2, 0) is 71.9 Å². The maximum absolute atomic E-state index is 14.6. The second-order valence-corrected chi connectivity index (χ2v) is 31.3. The van der Waals surface area contributed by atoms with Crippen molar-refractivity contribution in [1.29, 1.82) is 0 Å². The van der Waals surface area contributed by atoms with E-state index < -0.39 is 177 Å². The molecule has 3 aliphatic rings. The lowest BCUT2D eigenvalue weighted by atomic mass is 9.94. The Morgan fingerprint density at radius 1 is 0.455 bits per heavy atom. The van der Waals surface area contributed by atoms with Gasteiger partial charge in [-0.15, -0.1) is 0 Å². The number of aliphatic hydroxyl groups excluding tert-OH is 1. The number of carbonyl (C=O) groups excluding carboxylic acids is 15. The van der Waals surface area contributed by atoms with Crippen LogP contribution >= 0.6 is 0 Å². The number of rotatable bonds is 37. The molecule has 3 rings (SSSR count). The van der Waals surface area contributed by atoms with Crippen LogP contribution < -0.4 is 64.2 Å². The number of nitrogens with zero attached hydrogens (tertiary/aromatic N) is 3. The molecule has 0 unspecified atom stereocenters. The highest BCUT2D eigenvalue weighted by Crippen LogP contribution is 2.27. The Morgan fingerprint density at radius 3 is 1.26 bits per heavy atom. The first-order valence-corrected chi connectivity index (χ1v) is 35.8. The van der Waals surface area contributed by atoms with Crippen LogP contribution in [0.3, 0.4) is 0 Å². The second-order valence-electron chi connectivity index (χ2n) is 31.3. The molecule has 31 heteroatoms. The second kappa shape index (κ2) is 37.3. The van der Waals surface area contributed by atoms with Crippen molar-refractivity contribution in [3.05, 3.63) is 0 Å². The third-order valence-corrected chi connectivity index (χ3v) is 18.9. The van der Waals surface area contributed by atoms with Gasteiger partial charge in [0.05, 0.1) is 12.6 Å². The average molecular weight is 1430 g/mol. The van der Waals surface area contributed by atoms with Crippen LogP contribution in [0.4, 0.5) is 0 Å². The number of nitrogens with two attached hydrogens (primary N) is 1. The molecule has 31 nitrogen and oxygen atoms in total. The van der Waals surface area contributed by atoms with E-state index in [1.807, 2.05) is 27.7 Å². The molecular weight excluding hydrogens is 1310 g/mol. The number of hydrogen-bond acceptors (Lipinski definition) is 16. The summed E-state index contributed by atoms with van der Waals surface area (Å²) in [6.45, 7) is 32.4. The van der Waals surface area contributed by atoms with Crippen LogP contribution in [0.1, 0.15) is 222 Å². The van der Waals surface area contributed by atoms with Crippen LogP contribution in [0.15, 0.2) is 0 Å². The quantitative estimate of drug-likeness (QED) is 0.0396. The summed E-state index contributed by atoms with van der Waals surface area (Å²) < 4.78 is 0. The third-order valence-electron chi connectivity index (χ3n) is 18.9. The summed E-state index contributed by atoms with van der Waals surface area (Å²) in [5, 5.41) is 39.8. The lowest BCUT2D eigenvalue weighted by molar-refractivity contribution is -0.147. The molecule has 0 aromatic rings. The van der Waals surface area contributed by atoms with Crippen LogP contribution in [0, 0.1) is 23.7 Å². The van der Waals surface area contributed by atoms with Gasteiger partial charge in [0.15, 0.2) is 0 Å². The highest BCUT2D eigenvalue weighted by molar-refractivity contribution is 6.02. The normalized spacial score (nSPS) is 19.2. The molecule has 3 fully saturated rings. The summed E-state index contributed by atoms with van der Waals surface area (Å²) in [6, 6.07) is -9.81. The zero-order valence-electron chi connectivity index (χ0n) is 63.5. The highest BCUT2D eigenvalue weighted by atomic mass is 16.3.